The first kappa shape index (κ1) is 13.4. The van der Waals surface area contributed by atoms with Crippen molar-refractivity contribution in [3.8, 4) is 0 Å². The summed E-state index contributed by atoms with van der Waals surface area (Å²) in [5.74, 6) is 0.618. The molecule has 1 aliphatic heterocycles. The van der Waals surface area contributed by atoms with E-state index in [1.807, 2.05) is 4.90 Å². The molecule has 0 unspecified atom stereocenters. The fraction of sp³-hybridized carbons (Fsp3) is 0.857. The Morgan fingerprint density at radius 2 is 1.94 bits per heavy atom. The van der Waals surface area contributed by atoms with Crippen molar-refractivity contribution in [2.45, 2.75) is 64.3 Å². The monoisotopic (exact) mass is 252 g/mol. The van der Waals surface area contributed by atoms with Crippen molar-refractivity contribution in [1.29, 1.82) is 0 Å². The normalized spacial score (nSPS) is 32.1. The average Bonchev–Trinajstić information content (AvgIpc) is 2.57. The van der Waals surface area contributed by atoms with Gasteiger partial charge in [0.1, 0.15) is 5.54 Å². The molecule has 0 bridgehead atoms. The number of carbonyl (C=O) groups is 2. The van der Waals surface area contributed by atoms with Gasteiger partial charge in [0.2, 0.25) is 0 Å². The predicted octanol–water partition coefficient (Wildman–Crippen LogP) is 2.68. The third-order valence-electron chi connectivity index (χ3n) is 4.49. The highest BCUT2D eigenvalue weighted by molar-refractivity contribution is 6.07. The Hall–Kier alpha value is -1.06. The number of nitrogens with one attached hydrogen (secondary N) is 1. The number of hydrogen-bond donors (Lipinski definition) is 1. The molecule has 4 heteroatoms. The second-order valence-corrected chi connectivity index (χ2v) is 5.83. The molecule has 1 heterocycles. The van der Waals surface area contributed by atoms with E-state index in [4.69, 9.17) is 0 Å². The van der Waals surface area contributed by atoms with E-state index in [2.05, 4.69) is 19.2 Å². The summed E-state index contributed by atoms with van der Waals surface area (Å²) in [4.78, 5) is 25.9. The van der Waals surface area contributed by atoms with Gasteiger partial charge in [0.05, 0.1) is 0 Å². The zero-order chi connectivity index (χ0) is 13.2. The summed E-state index contributed by atoms with van der Waals surface area (Å²) in [7, 11) is 0. The summed E-state index contributed by atoms with van der Waals surface area (Å²) in [5.41, 5.74) is -0.517. The van der Waals surface area contributed by atoms with Crippen LogP contribution in [0.5, 0.6) is 0 Å². The molecular formula is C14H24N2O2. The number of carbonyl (C=O) groups excluding carboxylic acids is 2. The van der Waals surface area contributed by atoms with Crippen molar-refractivity contribution < 1.29 is 9.59 Å². The van der Waals surface area contributed by atoms with Gasteiger partial charge in [0.25, 0.3) is 5.91 Å². The molecule has 0 aromatic carbocycles. The molecule has 1 aliphatic carbocycles. The average molecular weight is 252 g/mol. The lowest BCUT2D eigenvalue weighted by molar-refractivity contribution is -0.128. The Morgan fingerprint density at radius 3 is 2.56 bits per heavy atom. The molecule has 1 saturated carbocycles. The summed E-state index contributed by atoms with van der Waals surface area (Å²) in [6.45, 7) is 5.09. The third kappa shape index (κ3) is 2.25. The van der Waals surface area contributed by atoms with Gasteiger partial charge in [0.15, 0.2) is 0 Å². The molecule has 1 N–H and O–H groups in total. The fourth-order valence-corrected chi connectivity index (χ4v) is 3.17. The van der Waals surface area contributed by atoms with E-state index >= 15 is 0 Å². The smallest absolute Gasteiger partial charge is 0.310 e. The fourth-order valence-electron chi connectivity index (χ4n) is 3.17. The van der Waals surface area contributed by atoms with Crippen molar-refractivity contribution in [2.24, 2.45) is 5.92 Å². The van der Waals surface area contributed by atoms with E-state index < -0.39 is 5.54 Å². The van der Waals surface area contributed by atoms with Gasteiger partial charge >= 0.3 is 6.03 Å². The van der Waals surface area contributed by atoms with Crippen LogP contribution in [0.3, 0.4) is 0 Å². The molecular weight excluding hydrogens is 228 g/mol. The Labute approximate surface area is 109 Å². The zero-order valence-electron chi connectivity index (χ0n) is 11.5. The second-order valence-electron chi connectivity index (χ2n) is 5.83. The van der Waals surface area contributed by atoms with Crippen LogP contribution in [0.15, 0.2) is 0 Å². The molecule has 3 amide bonds. The van der Waals surface area contributed by atoms with E-state index in [0.29, 0.717) is 5.92 Å². The molecule has 0 aromatic heterocycles. The predicted molar refractivity (Wildman–Crippen MR) is 70.1 cm³/mol. The van der Waals surface area contributed by atoms with Crippen LogP contribution < -0.4 is 5.32 Å². The first-order chi connectivity index (χ1) is 8.60. The SMILES string of the molecule is CCCCCN1C(=O)NC(=O)C12CCC(C)CC2. The Kier molecular flexibility index (Phi) is 3.93. The number of imide groups is 1. The third-order valence-corrected chi connectivity index (χ3v) is 4.49. The molecule has 18 heavy (non-hydrogen) atoms. The molecule has 1 spiro atoms. The summed E-state index contributed by atoms with van der Waals surface area (Å²) in [5, 5.41) is 2.52. The van der Waals surface area contributed by atoms with Gasteiger partial charge in [-0.15, -0.1) is 0 Å². The van der Waals surface area contributed by atoms with Crippen LogP contribution >= 0.6 is 0 Å². The van der Waals surface area contributed by atoms with Gasteiger partial charge in [-0.2, -0.15) is 0 Å². The van der Waals surface area contributed by atoms with Crippen LogP contribution in [-0.4, -0.2) is 28.9 Å². The Balaban J connectivity index is 2.09. The van der Waals surface area contributed by atoms with Gasteiger partial charge < -0.3 is 4.90 Å². The quantitative estimate of drug-likeness (QED) is 0.617. The van der Waals surface area contributed by atoms with E-state index in [1.54, 1.807) is 0 Å². The lowest BCUT2D eigenvalue weighted by Crippen LogP contribution is -2.52. The van der Waals surface area contributed by atoms with Crippen LogP contribution in [-0.2, 0) is 4.79 Å². The highest BCUT2D eigenvalue weighted by atomic mass is 16.2. The summed E-state index contributed by atoms with van der Waals surface area (Å²) in [6.07, 6.45) is 7.00. The standard InChI is InChI=1S/C14H24N2O2/c1-3-4-5-10-16-13(18)15-12(17)14(16)8-6-11(2)7-9-14/h11H,3-10H2,1-2H3,(H,15,17,18). The molecule has 0 aromatic rings. The molecule has 0 atom stereocenters. The van der Waals surface area contributed by atoms with E-state index in [9.17, 15) is 9.59 Å². The minimum Gasteiger partial charge on any atom is -0.310 e. The number of urea groups is 1. The molecule has 2 fully saturated rings. The maximum atomic E-state index is 12.1. The summed E-state index contributed by atoms with van der Waals surface area (Å²) >= 11 is 0. The highest BCUT2D eigenvalue weighted by Crippen LogP contribution is 2.39. The van der Waals surface area contributed by atoms with Crippen LogP contribution in [0.4, 0.5) is 4.79 Å². The lowest BCUT2D eigenvalue weighted by atomic mass is 9.76. The van der Waals surface area contributed by atoms with E-state index in [0.717, 1.165) is 51.5 Å². The minimum atomic E-state index is -0.517. The van der Waals surface area contributed by atoms with Gasteiger partial charge in [-0.3, -0.25) is 10.1 Å². The number of amides is 3. The van der Waals surface area contributed by atoms with Gasteiger partial charge in [0, 0.05) is 6.54 Å². The van der Waals surface area contributed by atoms with Crippen molar-refractivity contribution in [3.63, 3.8) is 0 Å². The maximum Gasteiger partial charge on any atom is 0.325 e. The first-order valence-electron chi connectivity index (χ1n) is 7.23. The molecule has 2 rings (SSSR count). The molecule has 4 nitrogen and oxygen atoms in total. The number of hydrogen-bond acceptors (Lipinski definition) is 2. The van der Waals surface area contributed by atoms with Crippen molar-refractivity contribution in [2.75, 3.05) is 6.54 Å². The van der Waals surface area contributed by atoms with Gasteiger partial charge in [-0.1, -0.05) is 26.7 Å². The maximum absolute atomic E-state index is 12.1. The summed E-state index contributed by atoms with van der Waals surface area (Å²) < 4.78 is 0. The van der Waals surface area contributed by atoms with Gasteiger partial charge in [-0.05, 0) is 38.0 Å². The highest BCUT2D eigenvalue weighted by Gasteiger charge is 2.53. The van der Waals surface area contributed by atoms with Crippen molar-refractivity contribution in [3.05, 3.63) is 0 Å². The zero-order valence-corrected chi connectivity index (χ0v) is 11.5. The van der Waals surface area contributed by atoms with Crippen LogP contribution in [0, 0.1) is 5.92 Å². The first-order valence-corrected chi connectivity index (χ1v) is 7.23. The Morgan fingerprint density at radius 1 is 1.28 bits per heavy atom. The molecule has 2 aliphatic rings. The minimum absolute atomic E-state index is 0.0594. The van der Waals surface area contributed by atoms with Crippen molar-refractivity contribution in [1.82, 2.24) is 10.2 Å². The topological polar surface area (TPSA) is 49.4 Å². The lowest BCUT2D eigenvalue weighted by Gasteiger charge is -2.40. The van der Waals surface area contributed by atoms with Crippen LogP contribution in [0.25, 0.3) is 0 Å². The number of unbranched alkanes of at least 4 members (excludes halogenated alkanes) is 2. The summed E-state index contributed by atoms with van der Waals surface area (Å²) in [6, 6.07) is -0.175. The second kappa shape index (κ2) is 5.29. The van der Waals surface area contributed by atoms with E-state index in [1.165, 1.54) is 0 Å². The number of nitrogens with zero attached hydrogens (tertiary/aromatic N) is 1. The molecule has 1 saturated heterocycles. The Bertz CT molecular complexity index is 333. The van der Waals surface area contributed by atoms with Gasteiger partial charge in [-0.25, -0.2) is 4.79 Å². The largest absolute Gasteiger partial charge is 0.325 e. The molecule has 102 valence electrons. The molecule has 0 radical (unpaired) electrons. The van der Waals surface area contributed by atoms with E-state index in [-0.39, 0.29) is 11.9 Å². The van der Waals surface area contributed by atoms with Crippen LogP contribution in [0.1, 0.15) is 58.8 Å². The van der Waals surface area contributed by atoms with Crippen molar-refractivity contribution >= 4 is 11.9 Å². The number of rotatable bonds is 4. The van der Waals surface area contributed by atoms with Crippen LogP contribution in [0.2, 0.25) is 0 Å².